The number of aromatic nitrogens is 1. The highest BCUT2D eigenvalue weighted by atomic mass is 16.4. The van der Waals surface area contributed by atoms with Crippen molar-refractivity contribution in [2.45, 2.75) is 6.04 Å². The summed E-state index contributed by atoms with van der Waals surface area (Å²) < 4.78 is 0. The van der Waals surface area contributed by atoms with Gasteiger partial charge in [-0.05, 0) is 29.3 Å². The lowest BCUT2D eigenvalue weighted by atomic mass is 10.0. The molecule has 1 aromatic heterocycles. The van der Waals surface area contributed by atoms with Crippen LogP contribution in [-0.4, -0.2) is 16.1 Å². The van der Waals surface area contributed by atoms with E-state index in [0.29, 0.717) is 0 Å². The van der Waals surface area contributed by atoms with Crippen LogP contribution < -0.4 is 5.73 Å². The highest BCUT2D eigenvalue weighted by Gasteiger charge is 2.10. The number of rotatable bonds is 3. The Hall–Kier alpha value is -2.07. The van der Waals surface area contributed by atoms with Crippen molar-refractivity contribution in [2.75, 3.05) is 0 Å². The van der Waals surface area contributed by atoms with Crippen molar-refractivity contribution >= 4 is 5.97 Å². The number of hydrogen-bond acceptors (Lipinski definition) is 2. The Labute approximate surface area is 92.7 Å². The average molecular weight is 216 g/mol. The summed E-state index contributed by atoms with van der Waals surface area (Å²) in [6.45, 7) is 0. The molecule has 2 rings (SSSR count). The summed E-state index contributed by atoms with van der Waals surface area (Å²) in [5, 5.41) is 8.76. The lowest BCUT2D eigenvalue weighted by Gasteiger charge is -2.10. The van der Waals surface area contributed by atoms with E-state index in [1.807, 2.05) is 12.3 Å². The minimum Gasteiger partial charge on any atom is -0.478 e. The first-order chi connectivity index (χ1) is 7.68. The number of carbonyl (C=O) groups is 1. The van der Waals surface area contributed by atoms with Crippen LogP contribution in [0.15, 0.2) is 42.7 Å². The second kappa shape index (κ2) is 4.20. The summed E-state index contributed by atoms with van der Waals surface area (Å²) in [6, 6.07) is 8.26. The van der Waals surface area contributed by atoms with Crippen molar-refractivity contribution < 1.29 is 9.90 Å². The Balaban J connectivity index is 2.25. The molecular formula is C12H12N2O2. The van der Waals surface area contributed by atoms with E-state index in [1.54, 1.807) is 30.5 Å². The number of carboxylic acid groups (broad SMARTS) is 1. The van der Waals surface area contributed by atoms with E-state index in [4.69, 9.17) is 10.8 Å². The number of aromatic amines is 1. The van der Waals surface area contributed by atoms with E-state index in [2.05, 4.69) is 4.98 Å². The third-order valence-corrected chi connectivity index (χ3v) is 2.50. The molecule has 0 aliphatic carbocycles. The van der Waals surface area contributed by atoms with E-state index < -0.39 is 5.97 Å². The fourth-order valence-corrected chi connectivity index (χ4v) is 1.56. The minimum atomic E-state index is -0.929. The molecule has 0 radical (unpaired) electrons. The predicted molar refractivity (Wildman–Crippen MR) is 60.2 cm³/mol. The van der Waals surface area contributed by atoms with E-state index in [-0.39, 0.29) is 11.6 Å². The molecule has 0 aliphatic heterocycles. The third kappa shape index (κ3) is 1.97. The lowest BCUT2D eigenvalue weighted by Crippen LogP contribution is -2.11. The summed E-state index contributed by atoms with van der Waals surface area (Å²) in [7, 11) is 0. The Morgan fingerprint density at radius 3 is 2.38 bits per heavy atom. The molecule has 0 bridgehead atoms. The minimum absolute atomic E-state index is 0.228. The fourth-order valence-electron chi connectivity index (χ4n) is 1.56. The molecule has 0 amide bonds. The van der Waals surface area contributed by atoms with Crippen molar-refractivity contribution in [3.8, 4) is 0 Å². The van der Waals surface area contributed by atoms with Crippen LogP contribution in [0.4, 0.5) is 0 Å². The summed E-state index contributed by atoms with van der Waals surface area (Å²) in [6.07, 6.45) is 3.64. The van der Waals surface area contributed by atoms with Gasteiger partial charge in [-0.3, -0.25) is 0 Å². The van der Waals surface area contributed by atoms with Crippen LogP contribution in [0.3, 0.4) is 0 Å². The second-order valence-corrected chi connectivity index (χ2v) is 3.55. The van der Waals surface area contributed by atoms with Gasteiger partial charge in [0.25, 0.3) is 0 Å². The quantitative estimate of drug-likeness (QED) is 0.731. The smallest absolute Gasteiger partial charge is 0.335 e. The van der Waals surface area contributed by atoms with Crippen LogP contribution >= 0.6 is 0 Å². The molecule has 2 aromatic rings. The SMILES string of the molecule is NC(c1ccc(C(=O)O)cc1)c1cc[nH]c1. The molecule has 4 heteroatoms. The zero-order valence-electron chi connectivity index (χ0n) is 8.55. The Morgan fingerprint density at radius 2 is 1.88 bits per heavy atom. The monoisotopic (exact) mass is 216 g/mol. The molecule has 1 unspecified atom stereocenters. The molecule has 0 spiro atoms. The van der Waals surface area contributed by atoms with Gasteiger partial charge in [-0.1, -0.05) is 12.1 Å². The zero-order valence-corrected chi connectivity index (χ0v) is 8.55. The predicted octanol–water partition coefficient (Wildman–Crippen LogP) is 1.76. The average Bonchev–Trinajstić information content (AvgIpc) is 2.81. The molecule has 0 saturated carbocycles. The summed E-state index contributed by atoms with van der Waals surface area (Å²) in [4.78, 5) is 13.6. The van der Waals surface area contributed by atoms with Gasteiger partial charge < -0.3 is 15.8 Å². The number of benzene rings is 1. The van der Waals surface area contributed by atoms with Crippen LogP contribution in [0, 0.1) is 0 Å². The first-order valence-corrected chi connectivity index (χ1v) is 4.90. The van der Waals surface area contributed by atoms with Gasteiger partial charge in [0.1, 0.15) is 0 Å². The second-order valence-electron chi connectivity index (χ2n) is 3.55. The Kier molecular flexibility index (Phi) is 2.74. The maximum absolute atomic E-state index is 10.7. The maximum Gasteiger partial charge on any atom is 0.335 e. The van der Waals surface area contributed by atoms with Crippen LogP contribution in [0.2, 0.25) is 0 Å². The third-order valence-electron chi connectivity index (χ3n) is 2.50. The summed E-state index contributed by atoms with van der Waals surface area (Å²) in [5.41, 5.74) is 8.16. The first kappa shape index (κ1) is 10.4. The van der Waals surface area contributed by atoms with Crippen LogP contribution in [0.1, 0.15) is 27.5 Å². The topological polar surface area (TPSA) is 79.1 Å². The van der Waals surface area contributed by atoms with Gasteiger partial charge in [0, 0.05) is 12.4 Å². The molecule has 1 heterocycles. The van der Waals surface area contributed by atoms with E-state index in [9.17, 15) is 4.79 Å². The van der Waals surface area contributed by atoms with E-state index in [0.717, 1.165) is 11.1 Å². The standard InChI is InChI=1S/C12H12N2O2/c13-11(10-5-6-14-7-10)8-1-3-9(4-2-8)12(15)16/h1-7,11,14H,13H2,(H,15,16). The van der Waals surface area contributed by atoms with Crippen molar-refractivity contribution in [1.29, 1.82) is 0 Å². The summed E-state index contributed by atoms with van der Waals surface area (Å²) in [5.74, 6) is -0.929. The van der Waals surface area contributed by atoms with Gasteiger partial charge >= 0.3 is 5.97 Å². The van der Waals surface area contributed by atoms with Crippen molar-refractivity contribution in [2.24, 2.45) is 5.73 Å². The van der Waals surface area contributed by atoms with Gasteiger partial charge in [0.2, 0.25) is 0 Å². The molecule has 1 atom stereocenters. The van der Waals surface area contributed by atoms with Crippen molar-refractivity contribution in [1.82, 2.24) is 4.98 Å². The van der Waals surface area contributed by atoms with Crippen molar-refractivity contribution in [3.05, 3.63) is 59.4 Å². The highest BCUT2D eigenvalue weighted by molar-refractivity contribution is 5.87. The van der Waals surface area contributed by atoms with Crippen LogP contribution in [-0.2, 0) is 0 Å². The molecule has 0 fully saturated rings. The van der Waals surface area contributed by atoms with Crippen LogP contribution in [0.5, 0.6) is 0 Å². The fraction of sp³-hybridized carbons (Fsp3) is 0.0833. The molecule has 1 aromatic carbocycles. The molecule has 4 N–H and O–H groups in total. The molecule has 0 aliphatic rings. The summed E-state index contributed by atoms with van der Waals surface area (Å²) >= 11 is 0. The number of nitrogens with one attached hydrogen (secondary N) is 1. The van der Waals surface area contributed by atoms with E-state index >= 15 is 0 Å². The highest BCUT2D eigenvalue weighted by Crippen LogP contribution is 2.19. The van der Waals surface area contributed by atoms with Gasteiger partial charge in [-0.25, -0.2) is 4.79 Å². The number of carboxylic acids is 1. The van der Waals surface area contributed by atoms with Gasteiger partial charge in [-0.15, -0.1) is 0 Å². The van der Waals surface area contributed by atoms with Gasteiger partial charge in [0.05, 0.1) is 11.6 Å². The molecular weight excluding hydrogens is 204 g/mol. The number of nitrogens with two attached hydrogens (primary N) is 1. The first-order valence-electron chi connectivity index (χ1n) is 4.90. The van der Waals surface area contributed by atoms with Crippen molar-refractivity contribution in [3.63, 3.8) is 0 Å². The Bertz CT molecular complexity index is 474. The van der Waals surface area contributed by atoms with E-state index in [1.165, 1.54) is 0 Å². The largest absolute Gasteiger partial charge is 0.478 e. The number of H-pyrrole nitrogens is 1. The molecule has 16 heavy (non-hydrogen) atoms. The zero-order chi connectivity index (χ0) is 11.5. The molecule has 0 saturated heterocycles. The maximum atomic E-state index is 10.7. The van der Waals surface area contributed by atoms with Crippen LogP contribution in [0.25, 0.3) is 0 Å². The molecule has 82 valence electrons. The molecule has 4 nitrogen and oxygen atoms in total. The number of hydrogen-bond donors (Lipinski definition) is 3. The van der Waals surface area contributed by atoms with Gasteiger partial charge in [0.15, 0.2) is 0 Å². The van der Waals surface area contributed by atoms with Gasteiger partial charge in [-0.2, -0.15) is 0 Å². The number of aromatic carboxylic acids is 1. The lowest BCUT2D eigenvalue weighted by molar-refractivity contribution is 0.0697. The Morgan fingerprint density at radius 1 is 1.19 bits per heavy atom. The normalized spacial score (nSPS) is 12.3.